The van der Waals surface area contributed by atoms with Gasteiger partial charge in [0.1, 0.15) is 5.82 Å². The molecule has 0 atom stereocenters. The third kappa shape index (κ3) is 1.34. The summed E-state index contributed by atoms with van der Waals surface area (Å²) in [6, 6.07) is 3.69. The van der Waals surface area contributed by atoms with Crippen molar-refractivity contribution in [3.63, 3.8) is 0 Å². The number of carbonyl (C=O) groups is 1. The van der Waals surface area contributed by atoms with Crippen molar-refractivity contribution in [1.29, 1.82) is 0 Å². The molecule has 4 heteroatoms. The van der Waals surface area contributed by atoms with E-state index < -0.39 is 0 Å². The molecule has 0 aromatic carbocycles. The second kappa shape index (κ2) is 3.42. The second-order valence-corrected chi connectivity index (χ2v) is 4.20. The summed E-state index contributed by atoms with van der Waals surface area (Å²) in [5, 5.41) is 0. The first kappa shape index (κ1) is 9.54. The van der Waals surface area contributed by atoms with E-state index in [1.807, 2.05) is 22.7 Å². The van der Waals surface area contributed by atoms with Crippen LogP contribution in [0.25, 0.3) is 5.52 Å². The number of rotatable bonds is 3. The number of fused-ring (bicyclic) bond motifs is 1. The van der Waals surface area contributed by atoms with E-state index in [-0.39, 0.29) is 12.3 Å². The minimum Gasteiger partial charge on any atom is -0.324 e. The molecule has 16 heavy (non-hydrogen) atoms. The molecule has 0 bridgehead atoms. The minimum atomic E-state index is -0.0344. The van der Waals surface area contributed by atoms with Crippen LogP contribution in [0.2, 0.25) is 0 Å². The number of pyridine rings is 1. The third-order valence-corrected chi connectivity index (χ3v) is 3.03. The Balaban J connectivity index is 2.20. The maximum atomic E-state index is 11.7. The molecule has 4 nitrogen and oxygen atoms in total. The number of ketones is 1. The fourth-order valence-electron chi connectivity index (χ4n) is 2.03. The van der Waals surface area contributed by atoms with Crippen molar-refractivity contribution in [2.24, 2.45) is 5.73 Å². The van der Waals surface area contributed by atoms with Crippen LogP contribution < -0.4 is 5.73 Å². The summed E-state index contributed by atoms with van der Waals surface area (Å²) < 4.78 is 2.01. The Morgan fingerprint density at radius 1 is 1.56 bits per heavy atom. The number of imidazole rings is 1. The van der Waals surface area contributed by atoms with Crippen molar-refractivity contribution in [2.45, 2.75) is 18.8 Å². The van der Waals surface area contributed by atoms with Gasteiger partial charge >= 0.3 is 0 Å². The average Bonchev–Trinajstić information content (AvgIpc) is 3.07. The Hall–Kier alpha value is -1.68. The van der Waals surface area contributed by atoms with Crippen molar-refractivity contribution in [3.05, 3.63) is 35.9 Å². The van der Waals surface area contributed by atoms with Gasteiger partial charge in [0.25, 0.3) is 0 Å². The van der Waals surface area contributed by atoms with Crippen molar-refractivity contribution >= 4 is 11.3 Å². The summed E-state index contributed by atoms with van der Waals surface area (Å²) in [6.07, 6.45) is 6.14. The standard InChI is InChI=1S/C12H13N3O/c13-6-11(16)9-2-1-5-15-10(9)7-14-12(15)8-3-4-8/h1-2,5,7-8H,3-4,6,13H2. The number of Topliss-reactive ketones (excluding diaryl/α,β-unsaturated/α-hetero) is 1. The Bertz CT molecular complexity index is 554. The summed E-state index contributed by atoms with van der Waals surface area (Å²) in [6.45, 7) is 0.0453. The molecule has 3 rings (SSSR count). The second-order valence-electron chi connectivity index (χ2n) is 4.20. The molecule has 0 saturated heterocycles. The maximum Gasteiger partial charge on any atom is 0.178 e. The van der Waals surface area contributed by atoms with Gasteiger partial charge in [0.05, 0.1) is 18.3 Å². The summed E-state index contributed by atoms with van der Waals surface area (Å²) in [5.41, 5.74) is 6.94. The molecule has 1 aliphatic carbocycles. The first-order chi connectivity index (χ1) is 7.81. The zero-order valence-electron chi connectivity index (χ0n) is 8.89. The van der Waals surface area contributed by atoms with Gasteiger partial charge in [0, 0.05) is 17.7 Å². The van der Waals surface area contributed by atoms with E-state index in [2.05, 4.69) is 4.98 Å². The fourth-order valence-corrected chi connectivity index (χ4v) is 2.03. The zero-order chi connectivity index (χ0) is 11.1. The van der Waals surface area contributed by atoms with E-state index >= 15 is 0 Å². The molecular weight excluding hydrogens is 202 g/mol. The lowest BCUT2D eigenvalue weighted by molar-refractivity contribution is 0.100. The largest absolute Gasteiger partial charge is 0.324 e. The summed E-state index contributed by atoms with van der Waals surface area (Å²) in [7, 11) is 0. The Labute approximate surface area is 93.1 Å². The lowest BCUT2D eigenvalue weighted by Gasteiger charge is -2.03. The van der Waals surface area contributed by atoms with Gasteiger partial charge in [-0.1, -0.05) is 0 Å². The topological polar surface area (TPSA) is 60.4 Å². The van der Waals surface area contributed by atoms with E-state index in [0.717, 1.165) is 11.3 Å². The average molecular weight is 215 g/mol. The molecule has 82 valence electrons. The van der Waals surface area contributed by atoms with Gasteiger partial charge in [0.15, 0.2) is 5.78 Å². The number of aromatic nitrogens is 2. The molecular formula is C12H13N3O. The highest BCUT2D eigenvalue weighted by atomic mass is 16.1. The molecule has 0 unspecified atom stereocenters. The maximum absolute atomic E-state index is 11.7. The molecule has 2 N–H and O–H groups in total. The monoisotopic (exact) mass is 215 g/mol. The predicted octanol–water partition coefficient (Wildman–Crippen LogP) is 1.35. The van der Waals surface area contributed by atoms with E-state index in [9.17, 15) is 4.79 Å². The third-order valence-electron chi connectivity index (χ3n) is 3.03. The molecule has 2 heterocycles. The van der Waals surface area contributed by atoms with Gasteiger partial charge in [-0.25, -0.2) is 4.98 Å². The molecule has 0 radical (unpaired) electrons. The highest BCUT2D eigenvalue weighted by molar-refractivity contribution is 6.03. The van der Waals surface area contributed by atoms with Crippen molar-refractivity contribution in [1.82, 2.24) is 9.38 Å². The predicted molar refractivity (Wildman–Crippen MR) is 60.6 cm³/mol. The SMILES string of the molecule is NCC(=O)c1cccn2c(C3CC3)ncc12. The first-order valence-electron chi connectivity index (χ1n) is 5.50. The van der Waals surface area contributed by atoms with E-state index in [4.69, 9.17) is 5.73 Å². The quantitative estimate of drug-likeness (QED) is 0.786. The lowest BCUT2D eigenvalue weighted by Crippen LogP contribution is -2.14. The molecule has 0 amide bonds. The molecule has 1 aliphatic rings. The van der Waals surface area contributed by atoms with Crippen LogP contribution in [0.5, 0.6) is 0 Å². The van der Waals surface area contributed by atoms with Crippen LogP contribution >= 0.6 is 0 Å². The van der Waals surface area contributed by atoms with E-state index in [0.29, 0.717) is 11.5 Å². The summed E-state index contributed by atoms with van der Waals surface area (Å²) >= 11 is 0. The van der Waals surface area contributed by atoms with Crippen LogP contribution in [-0.4, -0.2) is 21.7 Å². The Morgan fingerprint density at radius 3 is 3.06 bits per heavy atom. The van der Waals surface area contributed by atoms with Gasteiger partial charge in [-0.3, -0.25) is 4.79 Å². The van der Waals surface area contributed by atoms with Crippen LogP contribution in [0.4, 0.5) is 0 Å². The smallest absolute Gasteiger partial charge is 0.178 e. The summed E-state index contributed by atoms with van der Waals surface area (Å²) in [5.74, 6) is 1.61. The van der Waals surface area contributed by atoms with E-state index in [1.165, 1.54) is 12.8 Å². The number of nitrogens with zero attached hydrogens (tertiary/aromatic N) is 2. The number of nitrogens with two attached hydrogens (primary N) is 1. The highest BCUT2D eigenvalue weighted by Gasteiger charge is 2.28. The van der Waals surface area contributed by atoms with Crippen LogP contribution in [-0.2, 0) is 0 Å². The van der Waals surface area contributed by atoms with Crippen LogP contribution in [0.3, 0.4) is 0 Å². The zero-order valence-corrected chi connectivity index (χ0v) is 8.89. The molecule has 0 spiro atoms. The van der Waals surface area contributed by atoms with Gasteiger partial charge < -0.3 is 10.1 Å². The van der Waals surface area contributed by atoms with Gasteiger partial charge in [-0.15, -0.1) is 0 Å². The molecule has 1 saturated carbocycles. The minimum absolute atomic E-state index is 0.0344. The van der Waals surface area contributed by atoms with Crippen molar-refractivity contribution < 1.29 is 4.79 Å². The molecule has 0 aliphatic heterocycles. The van der Waals surface area contributed by atoms with Crippen molar-refractivity contribution in [2.75, 3.05) is 6.54 Å². The van der Waals surface area contributed by atoms with Crippen LogP contribution in [0, 0.1) is 0 Å². The molecule has 1 fully saturated rings. The van der Waals surface area contributed by atoms with Crippen molar-refractivity contribution in [3.8, 4) is 0 Å². The number of carbonyl (C=O) groups excluding carboxylic acids is 1. The first-order valence-corrected chi connectivity index (χ1v) is 5.50. The van der Waals surface area contributed by atoms with Gasteiger partial charge in [0.2, 0.25) is 0 Å². The normalized spacial score (nSPS) is 15.6. The van der Waals surface area contributed by atoms with Gasteiger partial charge in [-0.05, 0) is 25.0 Å². The summed E-state index contributed by atoms with van der Waals surface area (Å²) in [4.78, 5) is 16.1. The van der Waals surface area contributed by atoms with E-state index in [1.54, 1.807) is 6.20 Å². The van der Waals surface area contributed by atoms with Crippen LogP contribution in [0.15, 0.2) is 24.5 Å². The van der Waals surface area contributed by atoms with Crippen LogP contribution in [0.1, 0.15) is 34.9 Å². The van der Waals surface area contributed by atoms with Gasteiger partial charge in [-0.2, -0.15) is 0 Å². The number of hydrogen-bond donors (Lipinski definition) is 1. The molecule has 2 aromatic heterocycles. The molecule has 2 aromatic rings. The fraction of sp³-hybridized carbons (Fsp3) is 0.333. The Kier molecular flexibility index (Phi) is 2.04. The number of hydrogen-bond acceptors (Lipinski definition) is 3. The highest BCUT2D eigenvalue weighted by Crippen LogP contribution is 2.39. The Morgan fingerprint density at radius 2 is 2.38 bits per heavy atom. The lowest BCUT2D eigenvalue weighted by atomic mass is 10.1.